The van der Waals surface area contributed by atoms with Crippen molar-refractivity contribution in [1.82, 2.24) is 0 Å². The molecule has 0 fully saturated rings. The SMILES string of the molecule is Bc1cc(C)cc(B)c1-c1c(B)cc(C)cc1C. The van der Waals surface area contributed by atoms with Gasteiger partial charge in [0.2, 0.25) is 0 Å². The first-order chi connectivity index (χ1) is 8.40. The Morgan fingerprint density at radius 3 is 1.44 bits per heavy atom. The van der Waals surface area contributed by atoms with Crippen LogP contribution in [0.15, 0.2) is 24.3 Å². The topological polar surface area (TPSA) is 0 Å². The Balaban J connectivity index is 2.78. The van der Waals surface area contributed by atoms with Crippen LogP contribution in [0.2, 0.25) is 0 Å². The van der Waals surface area contributed by atoms with Crippen molar-refractivity contribution in [3.63, 3.8) is 0 Å². The van der Waals surface area contributed by atoms with Gasteiger partial charge >= 0.3 is 0 Å². The van der Waals surface area contributed by atoms with E-state index in [2.05, 4.69) is 68.6 Å². The third-order valence-electron chi connectivity index (χ3n) is 3.60. The van der Waals surface area contributed by atoms with Gasteiger partial charge < -0.3 is 0 Å². The van der Waals surface area contributed by atoms with E-state index < -0.39 is 0 Å². The van der Waals surface area contributed by atoms with Gasteiger partial charge in [0.15, 0.2) is 0 Å². The fourth-order valence-corrected chi connectivity index (χ4v) is 3.15. The highest BCUT2D eigenvalue weighted by Gasteiger charge is 2.11. The summed E-state index contributed by atoms with van der Waals surface area (Å²) in [6, 6.07) is 9.12. The number of rotatable bonds is 1. The highest BCUT2D eigenvalue weighted by Crippen LogP contribution is 2.19. The molecule has 18 heavy (non-hydrogen) atoms. The van der Waals surface area contributed by atoms with E-state index in [4.69, 9.17) is 0 Å². The van der Waals surface area contributed by atoms with E-state index in [0.29, 0.717) is 0 Å². The zero-order valence-corrected chi connectivity index (χ0v) is 12.3. The molecule has 3 heteroatoms. The molecule has 0 heterocycles. The van der Waals surface area contributed by atoms with Gasteiger partial charge in [0.1, 0.15) is 23.5 Å². The minimum atomic E-state index is 1.34. The number of aryl methyl sites for hydroxylation is 3. The smallest absolute Gasteiger partial charge is 0.0816 e. The van der Waals surface area contributed by atoms with Crippen molar-refractivity contribution in [2.24, 2.45) is 0 Å². The Hall–Kier alpha value is -1.37. The first-order valence-electron chi connectivity index (χ1n) is 6.56. The van der Waals surface area contributed by atoms with E-state index in [0.717, 1.165) is 0 Å². The summed E-state index contributed by atoms with van der Waals surface area (Å²) in [6.45, 7) is 6.55. The first kappa shape index (κ1) is 13.1. The van der Waals surface area contributed by atoms with Gasteiger partial charge in [-0.25, -0.2) is 0 Å². The van der Waals surface area contributed by atoms with E-state index in [9.17, 15) is 0 Å². The first-order valence-corrected chi connectivity index (χ1v) is 6.56. The van der Waals surface area contributed by atoms with Gasteiger partial charge in [0.05, 0.1) is 0 Å². The lowest BCUT2D eigenvalue weighted by Gasteiger charge is -2.18. The Morgan fingerprint density at radius 1 is 0.611 bits per heavy atom. The third kappa shape index (κ3) is 2.27. The molecule has 0 N–H and O–H groups in total. The average Bonchev–Trinajstić information content (AvgIpc) is 2.20. The lowest BCUT2D eigenvalue weighted by atomic mass is 9.72. The number of hydrogen-bond acceptors (Lipinski definition) is 0. The van der Waals surface area contributed by atoms with Crippen molar-refractivity contribution in [2.75, 3.05) is 0 Å². The van der Waals surface area contributed by atoms with Crippen molar-refractivity contribution < 1.29 is 0 Å². The lowest BCUT2D eigenvalue weighted by molar-refractivity contribution is 1.40. The zero-order chi connectivity index (χ0) is 13.4. The number of hydrogen-bond donors (Lipinski definition) is 0. The van der Waals surface area contributed by atoms with Crippen LogP contribution in [0.3, 0.4) is 0 Å². The number of benzene rings is 2. The van der Waals surface area contributed by atoms with Crippen LogP contribution in [0.25, 0.3) is 11.1 Å². The molecule has 0 atom stereocenters. The van der Waals surface area contributed by atoms with E-state index >= 15 is 0 Å². The van der Waals surface area contributed by atoms with Crippen molar-refractivity contribution >= 4 is 39.9 Å². The van der Waals surface area contributed by atoms with Crippen molar-refractivity contribution in [3.05, 3.63) is 41.0 Å². The Morgan fingerprint density at radius 2 is 1.00 bits per heavy atom. The second kappa shape index (κ2) is 4.72. The molecule has 2 aromatic rings. The van der Waals surface area contributed by atoms with Crippen LogP contribution >= 0.6 is 0 Å². The van der Waals surface area contributed by atoms with E-state index in [-0.39, 0.29) is 0 Å². The second-order valence-corrected chi connectivity index (χ2v) is 5.55. The summed E-state index contributed by atoms with van der Waals surface area (Å²) in [5.74, 6) is 0. The van der Waals surface area contributed by atoms with Crippen LogP contribution in [-0.4, -0.2) is 23.5 Å². The quantitative estimate of drug-likeness (QED) is 0.556. The average molecular weight is 232 g/mol. The van der Waals surface area contributed by atoms with Gasteiger partial charge in [-0.15, -0.1) is 0 Å². The standard InChI is InChI=1S/C15H19B3/c1-8-4-10(3)14(11(16)5-8)15-12(17)6-9(2)7-13(15)18/h4-7H,16-18H2,1-3H3. The van der Waals surface area contributed by atoms with Crippen molar-refractivity contribution in [1.29, 1.82) is 0 Å². The summed E-state index contributed by atoms with van der Waals surface area (Å²) in [6.07, 6.45) is 0. The molecule has 0 saturated carbocycles. The van der Waals surface area contributed by atoms with Gasteiger partial charge in [0.25, 0.3) is 0 Å². The van der Waals surface area contributed by atoms with Gasteiger partial charge in [-0.3, -0.25) is 0 Å². The predicted octanol–water partition coefficient (Wildman–Crippen LogP) is -0.946. The summed E-state index contributed by atoms with van der Waals surface area (Å²) in [5.41, 5.74) is 11.0. The van der Waals surface area contributed by atoms with Gasteiger partial charge in [-0.1, -0.05) is 51.8 Å². The molecule has 0 nitrogen and oxygen atoms in total. The van der Waals surface area contributed by atoms with Crippen LogP contribution in [-0.2, 0) is 0 Å². The molecule has 0 unspecified atom stereocenters. The molecule has 2 aromatic carbocycles. The molecular weight excluding hydrogens is 213 g/mol. The molecule has 0 saturated heterocycles. The molecule has 0 bridgehead atoms. The Labute approximate surface area is 113 Å². The molecule has 0 aromatic heterocycles. The normalized spacial score (nSPS) is 10.6. The van der Waals surface area contributed by atoms with E-state index in [1.165, 1.54) is 44.2 Å². The monoisotopic (exact) mass is 232 g/mol. The molecule has 0 radical (unpaired) electrons. The minimum absolute atomic E-state index is 1.34. The molecule has 0 spiro atoms. The van der Waals surface area contributed by atoms with Crippen molar-refractivity contribution in [2.45, 2.75) is 20.8 Å². The molecule has 0 aliphatic carbocycles. The molecule has 2 rings (SSSR count). The Kier molecular flexibility index (Phi) is 3.43. The maximum absolute atomic E-state index is 2.28. The minimum Gasteiger partial charge on any atom is -0.0816 e. The highest BCUT2D eigenvalue weighted by atomic mass is 14.1. The second-order valence-electron chi connectivity index (χ2n) is 5.55. The summed E-state index contributed by atoms with van der Waals surface area (Å²) < 4.78 is 0. The molecule has 0 aliphatic rings. The summed E-state index contributed by atoms with van der Waals surface area (Å²) in [4.78, 5) is 0. The summed E-state index contributed by atoms with van der Waals surface area (Å²) >= 11 is 0. The van der Waals surface area contributed by atoms with Crippen LogP contribution in [0.4, 0.5) is 0 Å². The maximum Gasteiger partial charge on any atom is 0.140 e. The maximum atomic E-state index is 2.28. The van der Waals surface area contributed by atoms with Crippen LogP contribution < -0.4 is 16.4 Å². The molecular formula is C15H19B3. The Bertz CT molecular complexity index is 514. The lowest BCUT2D eigenvalue weighted by Crippen LogP contribution is -2.24. The van der Waals surface area contributed by atoms with Gasteiger partial charge in [-0.05, 0) is 37.5 Å². The third-order valence-corrected chi connectivity index (χ3v) is 3.60. The summed E-state index contributed by atoms with van der Waals surface area (Å²) in [5, 5.41) is 0. The van der Waals surface area contributed by atoms with Crippen LogP contribution in [0.5, 0.6) is 0 Å². The van der Waals surface area contributed by atoms with Crippen molar-refractivity contribution in [3.8, 4) is 11.1 Å². The van der Waals surface area contributed by atoms with E-state index in [1.54, 1.807) is 0 Å². The van der Waals surface area contributed by atoms with Crippen LogP contribution in [0.1, 0.15) is 16.7 Å². The zero-order valence-electron chi connectivity index (χ0n) is 12.3. The van der Waals surface area contributed by atoms with Gasteiger partial charge in [0, 0.05) is 0 Å². The fraction of sp³-hybridized carbons (Fsp3) is 0.200. The van der Waals surface area contributed by atoms with Gasteiger partial charge in [-0.2, -0.15) is 0 Å². The molecule has 0 amide bonds. The fourth-order valence-electron chi connectivity index (χ4n) is 3.15. The summed E-state index contributed by atoms with van der Waals surface area (Å²) in [7, 11) is 6.65. The van der Waals surface area contributed by atoms with Crippen LogP contribution in [0, 0.1) is 20.8 Å². The predicted molar refractivity (Wildman–Crippen MR) is 90.6 cm³/mol. The largest absolute Gasteiger partial charge is 0.140 e. The highest BCUT2D eigenvalue weighted by molar-refractivity contribution is 6.46. The molecule has 0 aliphatic heterocycles. The molecule has 88 valence electrons. The van der Waals surface area contributed by atoms with E-state index in [1.807, 2.05) is 0 Å².